The molecule has 0 fully saturated rings. The van der Waals surface area contributed by atoms with E-state index in [-0.39, 0.29) is 11.9 Å². The van der Waals surface area contributed by atoms with E-state index >= 15 is 0 Å². The first-order valence-corrected chi connectivity index (χ1v) is 7.20. The number of hydrogen-bond acceptors (Lipinski definition) is 3. The summed E-state index contributed by atoms with van der Waals surface area (Å²) in [4.78, 5) is 13.5. The summed E-state index contributed by atoms with van der Waals surface area (Å²) in [5, 5.41) is 5.09. The van der Waals surface area contributed by atoms with Gasteiger partial charge < -0.3 is 11.1 Å². The molecule has 1 unspecified atom stereocenters. The third-order valence-electron chi connectivity index (χ3n) is 3.22. The van der Waals surface area contributed by atoms with E-state index in [0.717, 1.165) is 12.0 Å². The van der Waals surface area contributed by atoms with Crippen LogP contribution < -0.4 is 11.1 Å². The van der Waals surface area contributed by atoms with Crippen molar-refractivity contribution in [3.63, 3.8) is 0 Å². The van der Waals surface area contributed by atoms with Gasteiger partial charge in [0.15, 0.2) is 0 Å². The van der Waals surface area contributed by atoms with Crippen LogP contribution in [-0.2, 0) is 0 Å². The van der Waals surface area contributed by atoms with Crippen molar-refractivity contribution in [2.75, 3.05) is 5.73 Å². The van der Waals surface area contributed by atoms with E-state index in [1.165, 1.54) is 4.88 Å². The van der Waals surface area contributed by atoms with Gasteiger partial charge in [-0.3, -0.25) is 4.79 Å². The molecule has 2 aromatic rings. The number of benzene rings is 1. The standard InChI is InChI=1S/C15H18N2OS/c1-3-13(14-8-5-9-19-14)17-15(18)11-6-4-7-12(16)10(11)2/h4-9,13H,3,16H2,1-2H3,(H,17,18). The molecule has 0 spiro atoms. The first-order valence-electron chi connectivity index (χ1n) is 6.32. The fourth-order valence-electron chi connectivity index (χ4n) is 2.00. The van der Waals surface area contributed by atoms with Crippen molar-refractivity contribution in [3.05, 3.63) is 51.7 Å². The second-order valence-electron chi connectivity index (χ2n) is 4.47. The average Bonchev–Trinajstić information content (AvgIpc) is 2.92. The zero-order valence-electron chi connectivity index (χ0n) is 11.1. The predicted octanol–water partition coefficient (Wildman–Crippen LogP) is 3.52. The number of amides is 1. The molecular formula is C15H18N2OS. The Labute approximate surface area is 117 Å². The average molecular weight is 274 g/mol. The Morgan fingerprint density at radius 3 is 2.79 bits per heavy atom. The van der Waals surface area contributed by atoms with Crippen molar-refractivity contribution in [3.8, 4) is 0 Å². The fourth-order valence-corrected chi connectivity index (χ4v) is 2.86. The SMILES string of the molecule is CCC(NC(=O)c1cccc(N)c1C)c1cccs1. The van der Waals surface area contributed by atoms with E-state index in [1.54, 1.807) is 11.3 Å². The molecule has 0 aliphatic carbocycles. The number of carbonyl (C=O) groups is 1. The van der Waals surface area contributed by atoms with E-state index < -0.39 is 0 Å². The molecule has 4 heteroatoms. The molecule has 0 radical (unpaired) electrons. The Morgan fingerprint density at radius 2 is 2.16 bits per heavy atom. The lowest BCUT2D eigenvalue weighted by Gasteiger charge is -2.16. The molecule has 1 atom stereocenters. The van der Waals surface area contributed by atoms with Crippen LogP contribution in [0.4, 0.5) is 5.69 Å². The number of carbonyl (C=O) groups excluding carboxylic acids is 1. The van der Waals surface area contributed by atoms with Crippen molar-refractivity contribution in [1.29, 1.82) is 0 Å². The molecule has 100 valence electrons. The molecule has 3 N–H and O–H groups in total. The maximum atomic E-state index is 12.3. The van der Waals surface area contributed by atoms with E-state index in [4.69, 9.17) is 5.73 Å². The zero-order chi connectivity index (χ0) is 13.8. The quantitative estimate of drug-likeness (QED) is 0.838. The van der Waals surface area contributed by atoms with Gasteiger partial charge in [0.2, 0.25) is 0 Å². The van der Waals surface area contributed by atoms with Crippen molar-refractivity contribution in [2.24, 2.45) is 0 Å². The first-order chi connectivity index (χ1) is 9.13. The number of nitrogen functional groups attached to an aromatic ring is 1. The molecule has 1 amide bonds. The maximum Gasteiger partial charge on any atom is 0.252 e. The van der Waals surface area contributed by atoms with Crippen LogP contribution in [-0.4, -0.2) is 5.91 Å². The molecule has 1 aromatic heterocycles. The van der Waals surface area contributed by atoms with Gasteiger partial charge in [0.05, 0.1) is 6.04 Å². The predicted molar refractivity (Wildman–Crippen MR) is 80.4 cm³/mol. The van der Waals surface area contributed by atoms with Gasteiger partial charge >= 0.3 is 0 Å². The minimum absolute atomic E-state index is 0.0633. The summed E-state index contributed by atoms with van der Waals surface area (Å²) in [5.41, 5.74) is 7.97. The topological polar surface area (TPSA) is 55.1 Å². The second kappa shape index (κ2) is 5.89. The second-order valence-corrected chi connectivity index (χ2v) is 5.45. The van der Waals surface area contributed by atoms with E-state index in [0.29, 0.717) is 11.3 Å². The lowest BCUT2D eigenvalue weighted by Crippen LogP contribution is -2.28. The van der Waals surface area contributed by atoms with Crippen LogP contribution in [0.5, 0.6) is 0 Å². The molecule has 1 heterocycles. The van der Waals surface area contributed by atoms with Gasteiger partial charge in [0.1, 0.15) is 0 Å². The van der Waals surface area contributed by atoms with Crippen molar-refractivity contribution in [1.82, 2.24) is 5.32 Å². The summed E-state index contributed by atoms with van der Waals surface area (Å²) in [5.74, 6) is -0.0648. The Kier molecular flexibility index (Phi) is 4.22. The van der Waals surface area contributed by atoms with Gasteiger partial charge in [-0.05, 0) is 42.5 Å². The summed E-state index contributed by atoms with van der Waals surface area (Å²) in [6.45, 7) is 3.94. The van der Waals surface area contributed by atoms with Crippen LogP contribution in [0.2, 0.25) is 0 Å². The van der Waals surface area contributed by atoms with E-state index in [9.17, 15) is 4.79 Å². The highest BCUT2D eigenvalue weighted by molar-refractivity contribution is 7.10. The number of nitrogens with two attached hydrogens (primary N) is 1. The summed E-state index contributed by atoms with van der Waals surface area (Å²) in [6.07, 6.45) is 0.869. The number of hydrogen-bond donors (Lipinski definition) is 2. The summed E-state index contributed by atoms with van der Waals surface area (Å²) >= 11 is 1.66. The number of rotatable bonds is 4. The minimum Gasteiger partial charge on any atom is -0.398 e. The van der Waals surface area contributed by atoms with E-state index in [1.807, 2.05) is 42.6 Å². The smallest absolute Gasteiger partial charge is 0.252 e. The number of thiophene rings is 1. The number of anilines is 1. The van der Waals surface area contributed by atoms with Gasteiger partial charge in [-0.25, -0.2) is 0 Å². The Balaban J connectivity index is 2.18. The highest BCUT2D eigenvalue weighted by Crippen LogP contribution is 2.23. The highest BCUT2D eigenvalue weighted by atomic mass is 32.1. The Bertz CT molecular complexity index is 564. The molecule has 0 aliphatic heterocycles. The first kappa shape index (κ1) is 13.6. The number of nitrogens with one attached hydrogen (secondary N) is 1. The maximum absolute atomic E-state index is 12.3. The van der Waals surface area contributed by atoms with Crippen LogP contribution in [0.15, 0.2) is 35.7 Å². The molecule has 0 bridgehead atoms. The van der Waals surface area contributed by atoms with E-state index in [2.05, 4.69) is 12.2 Å². The van der Waals surface area contributed by atoms with Gasteiger partial charge in [0.25, 0.3) is 5.91 Å². The lowest BCUT2D eigenvalue weighted by molar-refractivity contribution is 0.0935. The summed E-state index contributed by atoms with van der Waals surface area (Å²) in [6, 6.07) is 9.54. The fraction of sp³-hybridized carbons (Fsp3) is 0.267. The van der Waals surface area contributed by atoms with Gasteiger partial charge in [-0.2, -0.15) is 0 Å². The van der Waals surface area contributed by atoms with Crippen molar-refractivity contribution in [2.45, 2.75) is 26.3 Å². The summed E-state index contributed by atoms with van der Waals surface area (Å²) in [7, 11) is 0. The molecule has 3 nitrogen and oxygen atoms in total. The molecule has 19 heavy (non-hydrogen) atoms. The normalized spacial score (nSPS) is 12.1. The molecule has 2 rings (SSSR count). The molecule has 0 aliphatic rings. The zero-order valence-corrected chi connectivity index (χ0v) is 12.0. The van der Waals surface area contributed by atoms with Crippen molar-refractivity contribution >= 4 is 22.9 Å². The van der Waals surface area contributed by atoms with Crippen LogP contribution in [0.25, 0.3) is 0 Å². The van der Waals surface area contributed by atoms with Crippen LogP contribution in [0, 0.1) is 6.92 Å². The lowest BCUT2D eigenvalue weighted by atomic mass is 10.1. The molecule has 0 saturated heterocycles. The Hall–Kier alpha value is -1.81. The third-order valence-corrected chi connectivity index (χ3v) is 4.21. The van der Waals surface area contributed by atoms with Crippen LogP contribution in [0.1, 0.15) is 40.2 Å². The monoisotopic (exact) mass is 274 g/mol. The molecule has 1 aromatic carbocycles. The summed E-state index contributed by atoms with van der Waals surface area (Å²) < 4.78 is 0. The Morgan fingerprint density at radius 1 is 1.37 bits per heavy atom. The molecular weight excluding hydrogens is 256 g/mol. The minimum atomic E-state index is -0.0648. The largest absolute Gasteiger partial charge is 0.398 e. The van der Waals surface area contributed by atoms with Gasteiger partial charge in [-0.15, -0.1) is 11.3 Å². The third kappa shape index (κ3) is 2.96. The van der Waals surface area contributed by atoms with Crippen LogP contribution >= 0.6 is 11.3 Å². The molecule has 0 saturated carbocycles. The highest BCUT2D eigenvalue weighted by Gasteiger charge is 2.16. The van der Waals surface area contributed by atoms with Gasteiger partial charge in [0, 0.05) is 16.1 Å². The van der Waals surface area contributed by atoms with Crippen molar-refractivity contribution < 1.29 is 4.79 Å². The van der Waals surface area contributed by atoms with Gasteiger partial charge in [-0.1, -0.05) is 19.1 Å². The van der Waals surface area contributed by atoms with Crippen LogP contribution in [0.3, 0.4) is 0 Å².